The molecule has 1 aromatic rings. The number of aliphatic carboxylic acids is 1. The van der Waals surface area contributed by atoms with Gasteiger partial charge in [0.2, 0.25) is 5.91 Å². The van der Waals surface area contributed by atoms with Crippen molar-refractivity contribution >= 4 is 11.9 Å². The standard InChI is InChI=1S/C19H28N2O4/c1-3-6-16(19(23)24)20-13-18(22)21-12-5-7-17(21)14-8-10-15(11-9-14)25-4-2/h8-11,16-17,20H,3-7,12-13H2,1-2H3,(H,23,24). The van der Waals surface area contributed by atoms with E-state index in [0.717, 1.165) is 30.6 Å². The number of benzene rings is 1. The number of likely N-dealkylation sites (tertiary alicyclic amines) is 1. The van der Waals surface area contributed by atoms with Crippen LogP contribution in [-0.4, -0.2) is 47.6 Å². The molecule has 0 spiro atoms. The van der Waals surface area contributed by atoms with Gasteiger partial charge in [0.1, 0.15) is 11.8 Å². The van der Waals surface area contributed by atoms with Crippen molar-refractivity contribution in [2.75, 3.05) is 19.7 Å². The summed E-state index contributed by atoms with van der Waals surface area (Å²) < 4.78 is 5.46. The number of nitrogens with zero attached hydrogens (tertiary/aromatic N) is 1. The molecule has 6 nitrogen and oxygen atoms in total. The van der Waals surface area contributed by atoms with E-state index in [-0.39, 0.29) is 18.5 Å². The minimum Gasteiger partial charge on any atom is -0.494 e. The van der Waals surface area contributed by atoms with Crippen LogP contribution < -0.4 is 10.1 Å². The monoisotopic (exact) mass is 348 g/mol. The molecule has 1 aliphatic heterocycles. The summed E-state index contributed by atoms with van der Waals surface area (Å²) in [7, 11) is 0. The Morgan fingerprint density at radius 3 is 2.64 bits per heavy atom. The minimum atomic E-state index is -0.904. The van der Waals surface area contributed by atoms with Crippen LogP contribution in [0, 0.1) is 0 Å². The van der Waals surface area contributed by atoms with E-state index in [4.69, 9.17) is 4.74 Å². The second kappa shape index (κ2) is 9.42. The average Bonchev–Trinajstić information content (AvgIpc) is 3.09. The zero-order valence-corrected chi connectivity index (χ0v) is 15.0. The second-order valence-corrected chi connectivity index (χ2v) is 6.31. The van der Waals surface area contributed by atoms with E-state index in [0.29, 0.717) is 19.6 Å². The summed E-state index contributed by atoms with van der Waals surface area (Å²) in [5.41, 5.74) is 1.10. The molecule has 2 unspecified atom stereocenters. The molecule has 0 aliphatic carbocycles. The predicted molar refractivity (Wildman–Crippen MR) is 95.6 cm³/mol. The van der Waals surface area contributed by atoms with E-state index in [1.807, 2.05) is 43.0 Å². The van der Waals surface area contributed by atoms with Gasteiger partial charge in [-0.05, 0) is 43.9 Å². The molecular weight excluding hydrogens is 320 g/mol. The van der Waals surface area contributed by atoms with Crippen LogP contribution in [0.25, 0.3) is 0 Å². The fraction of sp³-hybridized carbons (Fsp3) is 0.579. The molecule has 1 amide bonds. The Labute approximate surface area is 149 Å². The van der Waals surface area contributed by atoms with Crippen molar-refractivity contribution in [3.05, 3.63) is 29.8 Å². The lowest BCUT2D eigenvalue weighted by Gasteiger charge is -2.26. The van der Waals surface area contributed by atoms with Gasteiger partial charge in [-0.2, -0.15) is 0 Å². The highest BCUT2D eigenvalue weighted by Gasteiger charge is 2.30. The molecule has 1 heterocycles. The number of rotatable bonds is 9. The van der Waals surface area contributed by atoms with Crippen LogP contribution in [0.15, 0.2) is 24.3 Å². The number of hydrogen-bond acceptors (Lipinski definition) is 4. The summed E-state index contributed by atoms with van der Waals surface area (Å²) in [6, 6.07) is 7.26. The Hall–Kier alpha value is -2.08. The average molecular weight is 348 g/mol. The largest absolute Gasteiger partial charge is 0.494 e. The van der Waals surface area contributed by atoms with Crippen LogP contribution in [0.1, 0.15) is 51.1 Å². The molecule has 1 saturated heterocycles. The lowest BCUT2D eigenvalue weighted by Crippen LogP contribution is -2.44. The number of carboxylic acid groups (broad SMARTS) is 1. The van der Waals surface area contributed by atoms with Gasteiger partial charge in [-0.1, -0.05) is 25.5 Å². The molecule has 1 fully saturated rings. The maximum Gasteiger partial charge on any atom is 0.320 e. The van der Waals surface area contributed by atoms with Crippen LogP contribution in [-0.2, 0) is 9.59 Å². The molecule has 25 heavy (non-hydrogen) atoms. The summed E-state index contributed by atoms with van der Waals surface area (Å²) in [6.07, 6.45) is 3.17. The second-order valence-electron chi connectivity index (χ2n) is 6.31. The number of carbonyl (C=O) groups excluding carboxylic acids is 1. The normalized spacial score (nSPS) is 18.2. The van der Waals surface area contributed by atoms with Gasteiger partial charge >= 0.3 is 5.97 Å². The molecule has 1 aliphatic rings. The highest BCUT2D eigenvalue weighted by molar-refractivity contribution is 5.80. The van der Waals surface area contributed by atoms with Crippen molar-refractivity contribution in [3.8, 4) is 5.75 Å². The van der Waals surface area contributed by atoms with E-state index < -0.39 is 12.0 Å². The van der Waals surface area contributed by atoms with E-state index in [1.165, 1.54) is 0 Å². The van der Waals surface area contributed by atoms with Crippen molar-refractivity contribution in [1.29, 1.82) is 0 Å². The zero-order chi connectivity index (χ0) is 18.2. The van der Waals surface area contributed by atoms with Crippen molar-refractivity contribution in [1.82, 2.24) is 10.2 Å². The van der Waals surface area contributed by atoms with Gasteiger partial charge in [-0.25, -0.2) is 0 Å². The minimum absolute atomic E-state index is 0.0428. The molecule has 0 bridgehead atoms. The highest BCUT2D eigenvalue weighted by atomic mass is 16.5. The smallest absolute Gasteiger partial charge is 0.320 e. The first-order valence-corrected chi connectivity index (χ1v) is 9.05. The molecule has 1 aromatic carbocycles. The third kappa shape index (κ3) is 5.19. The summed E-state index contributed by atoms with van der Waals surface area (Å²) in [6.45, 7) is 5.28. The molecule has 2 atom stereocenters. The van der Waals surface area contributed by atoms with Crippen molar-refractivity contribution in [2.45, 2.75) is 51.6 Å². The van der Waals surface area contributed by atoms with E-state index in [1.54, 1.807) is 0 Å². The van der Waals surface area contributed by atoms with Crippen molar-refractivity contribution in [2.24, 2.45) is 0 Å². The Morgan fingerprint density at radius 2 is 2.04 bits per heavy atom. The van der Waals surface area contributed by atoms with Crippen molar-refractivity contribution in [3.63, 3.8) is 0 Å². The van der Waals surface area contributed by atoms with Gasteiger partial charge in [0.05, 0.1) is 19.2 Å². The molecule has 0 aromatic heterocycles. The van der Waals surface area contributed by atoms with E-state index >= 15 is 0 Å². The predicted octanol–water partition coefficient (Wildman–Crippen LogP) is 2.59. The SMILES string of the molecule is CCCC(NCC(=O)N1CCCC1c1ccc(OCC)cc1)C(=O)O. The molecule has 138 valence electrons. The molecule has 0 radical (unpaired) electrons. The molecule has 2 rings (SSSR count). The highest BCUT2D eigenvalue weighted by Crippen LogP contribution is 2.32. The summed E-state index contributed by atoms with van der Waals surface area (Å²) >= 11 is 0. The molecule has 0 saturated carbocycles. The summed E-state index contributed by atoms with van der Waals surface area (Å²) in [5.74, 6) is -0.120. The third-order valence-corrected chi connectivity index (χ3v) is 4.52. The van der Waals surface area contributed by atoms with Crippen molar-refractivity contribution < 1.29 is 19.4 Å². The van der Waals surface area contributed by atoms with Gasteiger partial charge in [-0.15, -0.1) is 0 Å². The fourth-order valence-corrected chi connectivity index (χ4v) is 3.28. The van der Waals surface area contributed by atoms with Gasteiger partial charge < -0.3 is 14.7 Å². The molecular formula is C19H28N2O4. The van der Waals surface area contributed by atoms with Gasteiger partial charge in [0.25, 0.3) is 0 Å². The quantitative estimate of drug-likeness (QED) is 0.717. The Balaban J connectivity index is 1.97. The fourth-order valence-electron chi connectivity index (χ4n) is 3.28. The lowest BCUT2D eigenvalue weighted by atomic mass is 10.0. The van der Waals surface area contributed by atoms with Crippen LogP contribution in [0.5, 0.6) is 5.75 Å². The van der Waals surface area contributed by atoms with Gasteiger partial charge in [0, 0.05) is 6.54 Å². The van der Waals surface area contributed by atoms with Gasteiger partial charge in [0.15, 0.2) is 0 Å². The van der Waals surface area contributed by atoms with E-state index in [2.05, 4.69) is 5.32 Å². The molecule has 6 heteroatoms. The number of carboxylic acids is 1. The van der Waals surface area contributed by atoms with Crippen LogP contribution >= 0.6 is 0 Å². The van der Waals surface area contributed by atoms with Crippen LogP contribution in [0.3, 0.4) is 0 Å². The Bertz CT molecular complexity index is 573. The molecule has 2 N–H and O–H groups in total. The number of hydrogen-bond donors (Lipinski definition) is 2. The number of ether oxygens (including phenoxy) is 1. The van der Waals surface area contributed by atoms with Gasteiger partial charge in [-0.3, -0.25) is 14.9 Å². The zero-order valence-electron chi connectivity index (χ0n) is 15.0. The van der Waals surface area contributed by atoms with E-state index in [9.17, 15) is 14.7 Å². The lowest BCUT2D eigenvalue weighted by molar-refractivity contribution is -0.140. The number of nitrogens with one attached hydrogen (secondary N) is 1. The third-order valence-electron chi connectivity index (χ3n) is 4.52. The first-order chi connectivity index (χ1) is 12.1. The Morgan fingerprint density at radius 1 is 1.32 bits per heavy atom. The summed E-state index contributed by atoms with van der Waals surface area (Å²) in [4.78, 5) is 25.6. The maximum atomic E-state index is 12.6. The Kier molecular flexibility index (Phi) is 7.25. The topological polar surface area (TPSA) is 78.9 Å². The first kappa shape index (κ1) is 19.2. The number of carbonyl (C=O) groups is 2. The summed E-state index contributed by atoms with van der Waals surface area (Å²) in [5, 5.41) is 12.1. The van der Waals surface area contributed by atoms with Crippen LogP contribution in [0.4, 0.5) is 0 Å². The number of amides is 1. The first-order valence-electron chi connectivity index (χ1n) is 9.05. The maximum absolute atomic E-state index is 12.6. The van der Waals surface area contributed by atoms with Crippen LogP contribution in [0.2, 0.25) is 0 Å².